The van der Waals surface area contributed by atoms with Crippen molar-refractivity contribution in [3.63, 3.8) is 0 Å². The van der Waals surface area contributed by atoms with Crippen LogP contribution in [0.4, 0.5) is 0 Å². The molecular weight excluding hydrogens is 152 g/mol. The first kappa shape index (κ1) is 9.96. The Balaban J connectivity index is 2.26. The van der Waals surface area contributed by atoms with Crippen molar-refractivity contribution in [2.75, 3.05) is 6.61 Å². The maximum Gasteiger partial charge on any atom is 0.0591 e. The molecule has 1 heterocycles. The summed E-state index contributed by atoms with van der Waals surface area (Å²) in [4.78, 5) is 0. The lowest BCUT2D eigenvalue weighted by atomic mass is 9.97. The van der Waals surface area contributed by atoms with E-state index in [2.05, 4.69) is 19.3 Å². The maximum absolute atomic E-state index is 5.54. The lowest BCUT2D eigenvalue weighted by Crippen LogP contribution is -2.41. The number of hydrogen-bond acceptors (Lipinski definition) is 3. The number of hydrogen-bond donors (Lipinski definition) is 2. The van der Waals surface area contributed by atoms with Gasteiger partial charge in [0.15, 0.2) is 0 Å². The molecule has 0 aromatic rings. The molecule has 0 aromatic heterocycles. The summed E-state index contributed by atoms with van der Waals surface area (Å²) in [5.74, 6) is 6.03. The lowest BCUT2D eigenvalue weighted by molar-refractivity contribution is 0.0891. The highest BCUT2D eigenvalue weighted by atomic mass is 16.5. The third-order valence-electron chi connectivity index (χ3n) is 2.56. The van der Waals surface area contributed by atoms with Crippen molar-refractivity contribution >= 4 is 0 Å². The fourth-order valence-corrected chi connectivity index (χ4v) is 1.65. The predicted octanol–water partition coefficient (Wildman–Crippen LogP) is 1.04. The molecule has 0 radical (unpaired) electrons. The van der Waals surface area contributed by atoms with Crippen molar-refractivity contribution in [3.05, 3.63) is 0 Å². The van der Waals surface area contributed by atoms with Gasteiger partial charge in [-0.15, -0.1) is 0 Å². The fourth-order valence-electron chi connectivity index (χ4n) is 1.65. The molecule has 1 rings (SSSR count). The normalized spacial score (nSPS) is 26.5. The van der Waals surface area contributed by atoms with Gasteiger partial charge in [-0.3, -0.25) is 11.3 Å². The fraction of sp³-hybridized carbons (Fsp3) is 1.00. The summed E-state index contributed by atoms with van der Waals surface area (Å²) in [5.41, 5.74) is 2.85. The average Bonchev–Trinajstić information content (AvgIpc) is 2.51. The molecule has 0 amide bonds. The summed E-state index contributed by atoms with van der Waals surface area (Å²) >= 11 is 0. The number of nitrogens with one attached hydrogen (secondary N) is 1. The van der Waals surface area contributed by atoms with Crippen molar-refractivity contribution in [1.29, 1.82) is 0 Å². The number of hydrazine groups is 1. The second-order valence-corrected chi connectivity index (χ2v) is 3.89. The van der Waals surface area contributed by atoms with Crippen LogP contribution in [0.1, 0.15) is 33.1 Å². The van der Waals surface area contributed by atoms with Crippen LogP contribution < -0.4 is 11.3 Å². The predicted molar refractivity (Wildman–Crippen MR) is 49.5 cm³/mol. The van der Waals surface area contributed by atoms with Gasteiger partial charge in [-0.1, -0.05) is 13.8 Å². The molecule has 3 nitrogen and oxygen atoms in total. The average molecular weight is 172 g/mol. The smallest absolute Gasteiger partial charge is 0.0591 e. The second-order valence-electron chi connectivity index (χ2n) is 3.89. The largest absolute Gasteiger partial charge is 0.378 e. The molecule has 12 heavy (non-hydrogen) atoms. The Morgan fingerprint density at radius 2 is 2.33 bits per heavy atom. The lowest BCUT2D eigenvalue weighted by Gasteiger charge is -2.22. The maximum atomic E-state index is 5.54. The highest BCUT2D eigenvalue weighted by Gasteiger charge is 2.21. The van der Waals surface area contributed by atoms with Crippen LogP contribution in [0.15, 0.2) is 0 Å². The summed E-state index contributed by atoms with van der Waals surface area (Å²) in [7, 11) is 0. The standard InChI is InChI=1S/C9H20N2O/c1-7(2)9(11-10)6-8-4-3-5-12-8/h7-9,11H,3-6,10H2,1-2H3. The van der Waals surface area contributed by atoms with Gasteiger partial charge in [0.05, 0.1) is 6.10 Å². The summed E-state index contributed by atoms with van der Waals surface area (Å²) in [6.07, 6.45) is 3.90. The van der Waals surface area contributed by atoms with Crippen molar-refractivity contribution in [1.82, 2.24) is 5.43 Å². The van der Waals surface area contributed by atoms with Gasteiger partial charge in [0.2, 0.25) is 0 Å². The van der Waals surface area contributed by atoms with Crippen LogP contribution in [0.3, 0.4) is 0 Å². The van der Waals surface area contributed by atoms with Crippen molar-refractivity contribution in [2.24, 2.45) is 11.8 Å². The summed E-state index contributed by atoms with van der Waals surface area (Å²) in [5, 5.41) is 0. The van der Waals surface area contributed by atoms with Crippen LogP contribution in [-0.4, -0.2) is 18.8 Å². The first-order chi connectivity index (χ1) is 5.74. The Bertz CT molecular complexity index is 122. The van der Waals surface area contributed by atoms with E-state index in [4.69, 9.17) is 10.6 Å². The molecule has 0 spiro atoms. The number of ether oxygens (including phenoxy) is 1. The van der Waals surface area contributed by atoms with Gasteiger partial charge in [-0.05, 0) is 25.2 Å². The number of rotatable bonds is 4. The molecule has 1 saturated heterocycles. The molecule has 1 fully saturated rings. The minimum atomic E-state index is 0.396. The monoisotopic (exact) mass is 172 g/mol. The van der Waals surface area contributed by atoms with Crippen molar-refractivity contribution in [3.8, 4) is 0 Å². The Morgan fingerprint density at radius 3 is 2.75 bits per heavy atom. The molecule has 1 aliphatic rings. The van der Waals surface area contributed by atoms with Crippen molar-refractivity contribution < 1.29 is 4.74 Å². The third kappa shape index (κ3) is 2.73. The van der Waals surface area contributed by atoms with E-state index in [0.29, 0.717) is 18.1 Å². The van der Waals surface area contributed by atoms with Gasteiger partial charge in [-0.25, -0.2) is 0 Å². The molecule has 3 heteroatoms. The zero-order valence-electron chi connectivity index (χ0n) is 8.05. The molecule has 0 saturated carbocycles. The van der Waals surface area contributed by atoms with E-state index in [9.17, 15) is 0 Å². The molecule has 2 unspecified atom stereocenters. The van der Waals surface area contributed by atoms with Crippen LogP contribution in [0.2, 0.25) is 0 Å². The second kappa shape index (κ2) is 4.80. The van der Waals surface area contributed by atoms with E-state index in [-0.39, 0.29) is 0 Å². The minimum absolute atomic E-state index is 0.396. The zero-order chi connectivity index (χ0) is 8.97. The van der Waals surface area contributed by atoms with E-state index in [1.165, 1.54) is 12.8 Å². The summed E-state index contributed by atoms with van der Waals surface area (Å²) < 4.78 is 5.54. The Morgan fingerprint density at radius 1 is 1.58 bits per heavy atom. The van der Waals surface area contributed by atoms with E-state index in [1.807, 2.05) is 0 Å². The van der Waals surface area contributed by atoms with Crippen molar-refractivity contribution in [2.45, 2.75) is 45.3 Å². The van der Waals surface area contributed by atoms with Crippen LogP contribution >= 0.6 is 0 Å². The SMILES string of the molecule is CC(C)C(CC1CCCO1)NN. The van der Waals surface area contributed by atoms with Crippen LogP contribution in [-0.2, 0) is 4.74 Å². The molecule has 0 aliphatic carbocycles. The highest BCUT2D eigenvalue weighted by Crippen LogP contribution is 2.19. The van der Waals surface area contributed by atoms with Gasteiger partial charge in [0.25, 0.3) is 0 Å². The van der Waals surface area contributed by atoms with Gasteiger partial charge in [-0.2, -0.15) is 0 Å². The van der Waals surface area contributed by atoms with E-state index in [1.54, 1.807) is 0 Å². The molecular formula is C9H20N2O. The summed E-state index contributed by atoms with van der Waals surface area (Å²) in [6, 6.07) is 0.396. The first-order valence-corrected chi connectivity index (χ1v) is 4.81. The molecule has 3 N–H and O–H groups in total. The first-order valence-electron chi connectivity index (χ1n) is 4.81. The Kier molecular flexibility index (Phi) is 3.98. The Labute approximate surface area is 74.6 Å². The third-order valence-corrected chi connectivity index (χ3v) is 2.56. The molecule has 72 valence electrons. The topological polar surface area (TPSA) is 47.3 Å². The van der Waals surface area contributed by atoms with E-state index >= 15 is 0 Å². The van der Waals surface area contributed by atoms with Gasteiger partial charge >= 0.3 is 0 Å². The van der Waals surface area contributed by atoms with Crippen LogP contribution in [0, 0.1) is 5.92 Å². The van der Waals surface area contributed by atoms with Gasteiger partial charge in [0.1, 0.15) is 0 Å². The highest BCUT2D eigenvalue weighted by molar-refractivity contribution is 4.75. The van der Waals surface area contributed by atoms with E-state index in [0.717, 1.165) is 13.0 Å². The minimum Gasteiger partial charge on any atom is -0.378 e. The van der Waals surface area contributed by atoms with Gasteiger partial charge < -0.3 is 4.74 Å². The zero-order valence-corrected chi connectivity index (χ0v) is 8.05. The van der Waals surface area contributed by atoms with Gasteiger partial charge in [0, 0.05) is 12.6 Å². The van der Waals surface area contributed by atoms with Crippen LogP contribution in [0.25, 0.3) is 0 Å². The Hall–Kier alpha value is -0.120. The molecule has 0 bridgehead atoms. The molecule has 0 aromatic carbocycles. The van der Waals surface area contributed by atoms with Crippen LogP contribution in [0.5, 0.6) is 0 Å². The number of nitrogens with two attached hydrogens (primary N) is 1. The van der Waals surface area contributed by atoms with E-state index < -0.39 is 0 Å². The molecule has 1 aliphatic heterocycles. The quantitative estimate of drug-likeness (QED) is 0.492. The summed E-state index contributed by atoms with van der Waals surface area (Å²) in [6.45, 7) is 5.29. The molecule has 2 atom stereocenters.